The average molecular weight is 695 g/mol. The lowest BCUT2D eigenvalue weighted by molar-refractivity contribution is 0.554. The van der Waals surface area contributed by atoms with Crippen molar-refractivity contribution in [2.45, 2.75) is 158 Å². The van der Waals surface area contributed by atoms with E-state index in [1.165, 1.54) is 55.7 Å². The molecule has 4 heteroatoms. The van der Waals surface area contributed by atoms with Crippen molar-refractivity contribution in [1.82, 2.24) is 0 Å². The molecule has 1 atom stereocenters. The SMILES string of the molecule is CC(C)c1cccc(C(C)C)c1N1C=CN(c2c(C(C)C)cccc2C(C)C)C1=[SiH]Pc1c(C(C)(C)C)cc(C(C)(C)C)cc1C(C)(C)C. The van der Waals surface area contributed by atoms with E-state index in [-0.39, 0.29) is 25.0 Å². The van der Waals surface area contributed by atoms with Crippen molar-refractivity contribution in [1.29, 1.82) is 0 Å². The topological polar surface area (TPSA) is 6.48 Å². The molecule has 0 fully saturated rings. The third-order valence-corrected chi connectivity index (χ3v) is 13.9. The van der Waals surface area contributed by atoms with Gasteiger partial charge >= 0.3 is 0 Å². The van der Waals surface area contributed by atoms with Crippen LogP contribution in [0.2, 0.25) is 0 Å². The van der Waals surface area contributed by atoms with Gasteiger partial charge in [0.1, 0.15) is 0 Å². The second kappa shape index (κ2) is 14.6. The quantitative estimate of drug-likeness (QED) is 0.171. The summed E-state index contributed by atoms with van der Waals surface area (Å²) in [4.78, 5) is 5.23. The van der Waals surface area contributed by atoms with E-state index in [0.29, 0.717) is 31.8 Å². The van der Waals surface area contributed by atoms with Crippen LogP contribution in [0, 0.1) is 0 Å². The van der Waals surface area contributed by atoms with Gasteiger partial charge in [-0.05, 0) is 84.2 Å². The molecule has 2 nitrogen and oxygen atoms in total. The first kappa shape index (κ1) is 39.3. The molecular formula is C45H67N2PSi. The second-order valence-corrected chi connectivity index (χ2v) is 21.9. The van der Waals surface area contributed by atoms with E-state index in [4.69, 9.17) is 0 Å². The minimum atomic E-state index is -0.112. The van der Waals surface area contributed by atoms with Crippen molar-refractivity contribution >= 4 is 39.0 Å². The highest BCUT2D eigenvalue weighted by Gasteiger charge is 2.33. The van der Waals surface area contributed by atoms with Gasteiger partial charge in [-0.25, -0.2) is 0 Å². The zero-order chi connectivity index (χ0) is 36.8. The van der Waals surface area contributed by atoms with Crippen LogP contribution in [0.1, 0.15) is 180 Å². The van der Waals surface area contributed by atoms with Crippen molar-refractivity contribution in [3.8, 4) is 0 Å². The zero-order valence-electron chi connectivity index (χ0n) is 34.1. The Labute approximate surface area is 305 Å². The summed E-state index contributed by atoms with van der Waals surface area (Å²) < 4.78 is 0. The van der Waals surface area contributed by atoms with Crippen LogP contribution in [0.4, 0.5) is 11.4 Å². The lowest BCUT2D eigenvalue weighted by Gasteiger charge is -2.35. The second-order valence-electron chi connectivity index (χ2n) is 18.6. The van der Waals surface area contributed by atoms with E-state index in [2.05, 4.69) is 188 Å². The van der Waals surface area contributed by atoms with Crippen molar-refractivity contribution < 1.29 is 0 Å². The largest absolute Gasteiger partial charge is 0.306 e. The Bertz CT molecular complexity index is 1540. The Morgan fingerprint density at radius 3 is 1.10 bits per heavy atom. The Morgan fingerprint density at radius 1 is 0.510 bits per heavy atom. The summed E-state index contributed by atoms with van der Waals surface area (Å²) in [5.74, 6) is 1.70. The molecule has 3 aromatic carbocycles. The van der Waals surface area contributed by atoms with Gasteiger partial charge < -0.3 is 9.80 Å². The highest BCUT2D eigenvalue weighted by Crippen LogP contribution is 2.43. The summed E-state index contributed by atoms with van der Waals surface area (Å²) in [5, 5.41) is 1.59. The van der Waals surface area contributed by atoms with Crippen LogP contribution in [-0.2, 0) is 16.2 Å². The normalized spacial score (nSPS) is 14.7. The standard InChI is InChI=1S/C45H67N2PSi/c1-28(2)33-20-18-21-34(29(3)4)39(33)46-24-25-47(40-35(30(5)6)22-19-23-36(40)31(7)8)42(46)49-48-41-37(44(12,13)14)26-32(43(9,10)11)27-38(41)45(15,16)17/h18-31,48-49H,1-17H3. The maximum Gasteiger partial charge on any atom is 0.0915 e. The molecule has 0 radical (unpaired) electrons. The molecule has 0 N–H and O–H groups in total. The van der Waals surface area contributed by atoms with Gasteiger partial charge in [-0.15, -0.1) is 0 Å². The minimum absolute atomic E-state index is 0.0467. The lowest BCUT2D eigenvalue weighted by atomic mass is 9.75. The molecule has 1 heterocycles. The van der Waals surface area contributed by atoms with Gasteiger partial charge in [0, 0.05) is 12.4 Å². The van der Waals surface area contributed by atoms with E-state index in [1.807, 2.05) is 0 Å². The molecule has 0 spiro atoms. The summed E-state index contributed by atoms with van der Waals surface area (Å²) in [6.45, 7) is 40.3. The highest BCUT2D eigenvalue weighted by molar-refractivity contribution is 7.77. The Morgan fingerprint density at radius 2 is 0.837 bits per heavy atom. The van der Waals surface area contributed by atoms with E-state index < -0.39 is 0 Å². The maximum atomic E-state index is 2.62. The van der Waals surface area contributed by atoms with Crippen LogP contribution in [0.25, 0.3) is 0 Å². The first-order chi connectivity index (χ1) is 22.6. The molecule has 0 aliphatic carbocycles. The minimum Gasteiger partial charge on any atom is -0.306 e. The smallest absolute Gasteiger partial charge is 0.0915 e. The molecule has 1 aliphatic heterocycles. The summed E-state index contributed by atoms with van der Waals surface area (Å²) in [6.07, 6.45) is 4.78. The van der Waals surface area contributed by atoms with Gasteiger partial charge in [0.05, 0.1) is 25.6 Å². The maximum absolute atomic E-state index is 2.62. The van der Waals surface area contributed by atoms with E-state index in [1.54, 1.807) is 5.30 Å². The number of rotatable bonds is 8. The number of benzene rings is 3. The summed E-state index contributed by atoms with van der Waals surface area (Å²) >= 11 is 0. The van der Waals surface area contributed by atoms with E-state index >= 15 is 0 Å². The average Bonchev–Trinajstić information content (AvgIpc) is 3.40. The predicted octanol–water partition coefficient (Wildman–Crippen LogP) is 12.3. The van der Waals surface area contributed by atoms with E-state index in [0.717, 1.165) is 0 Å². The summed E-state index contributed by atoms with van der Waals surface area (Å²) in [5.41, 5.74) is 14.6. The van der Waals surface area contributed by atoms with Crippen LogP contribution >= 0.6 is 8.13 Å². The van der Waals surface area contributed by atoms with Gasteiger partial charge in [0.15, 0.2) is 0 Å². The molecule has 1 aliphatic rings. The van der Waals surface area contributed by atoms with E-state index in [9.17, 15) is 0 Å². The fourth-order valence-electron chi connectivity index (χ4n) is 7.05. The monoisotopic (exact) mass is 694 g/mol. The van der Waals surface area contributed by atoms with Gasteiger partial charge in [0.25, 0.3) is 0 Å². The molecule has 49 heavy (non-hydrogen) atoms. The Hall–Kier alpha value is -2.48. The zero-order valence-corrected chi connectivity index (χ0v) is 36.2. The Kier molecular flexibility index (Phi) is 11.7. The fraction of sp³-hybridized carbons (Fsp3) is 0.533. The molecule has 0 saturated heterocycles. The van der Waals surface area contributed by atoms with Crippen molar-refractivity contribution in [2.24, 2.45) is 0 Å². The molecule has 0 aromatic heterocycles. The van der Waals surface area contributed by atoms with Gasteiger partial charge in [-0.3, -0.25) is 0 Å². The molecule has 0 bridgehead atoms. The number of para-hydroxylation sites is 2. The molecule has 3 aromatic rings. The molecule has 4 rings (SSSR count). The van der Waals surface area contributed by atoms with Gasteiger partial charge in [-0.1, -0.05) is 174 Å². The third kappa shape index (κ3) is 8.36. The number of hydrogen-bond donors (Lipinski definition) is 0. The van der Waals surface area contributed by atoms with Gasteiger partial charge in [-0.2, -0.15) is 0 Å². The summed E-state index contributed by atoms with van der Waals surface area (Å²) in [6, 6.07) is 19.1. The number of anilines is 2. The first-order valence-corrected chi connectivity index (χ1v) is 22.1. The van der Waals surface area contributed by atoms with Crippen LogP contribution in [-0.4, -0.2) is 14.2 Å². The van der Waals surface area contributed by atoms with Crippen molar-refractivity contribution in [3.63, 3.8) is 0 Å². The third-order valence-electron chi connectivity index (χ3n) is 9.99. The molecule has 0 amide bonds. The molecule has 1 unspecified atom stereocenters. The fourth-order valence-corrected chi connectivity index (χ4v) is 11.8. The molecule has 266 valence electrons. The Balaban J connectivity index is 2.09. The number of nitrogens with zero attached hydrogens (tertiary/aromatic N) is 2. The first-order valence-electron chi connectivity index (χ1n) is 18.7. The van der Waals surface area contributed by atoms with Crippen LogP contribution in [0.5, 0.6) is 0 Å². The summed E-state index contributed by atoms with van der Waals surface area (Å²) in [7, 11) is 0.601. The van der Waals surface area contributed by atoms with Crippen LogP contribution in [0.15, 0.2) is 60.9 Å². The van der Waals surface area contributed by atoms with Crippen LogP contribution in [0.3, 0.4) is 0 Å². The lowest BCUT2D eigenvalue weighted by Crippen LogP contribution is -2.38. The highest BCUT2D eigenvalue weighted by atomic mass is 31.3. The molecular weight excluding hydrogens is 628 g/mol. The van der Waals surface area contributed by atoms with Crippen molar-refractivity contribution in [2.75, 3.05) is 9.80 Å². The van der Waals surface area contributed by atoms with Crippen LogP contribution < -0.4 is 15.1 Å². The number of hydrogen-bond acceptors (Lipinski definition) is 2. The van der Waals surface area contributed by atoms with Crippen molar-refractivity contribution in [3.05, 3.63) is 99.9 Å². The molecule has 0 saturated carbocycles. The van der Waals surface area contributed by atoms with Gasteiger partial charge in [0.2, 0.25) is 0 Å². The predicted molar refractivity (Wildman–Crippen MR) is 226 cm³/mol.